The van der Waals surface area contributed by atoms with E-state index in [4.69, 9.17) is 4.74 Å². The number of aryl methyl sites for hydroxylation is 1. The maximum absolute atomic E-state index is 13.5. The third-order valence-electron chi connectivity index (χ3n) is 7.69. The molecule has 3 N–H and O–H groups in total. The van der Waals surface area contributed by atoms with Gasteiger partial charge in [-0.05, 0) is 37.5 Å². The number of carbonyl (C=O) groups excluding carboxylic acids is 2. The van der Waals surface area contributed by atoms with Crippen molar-refractivity contribution in [2.24, 2.45) is 0 Å². The fourth-order valence-electron chi connectivity index (χ4n) is 5.41. The van der Waals surface area contributed by atoms with Crippen LogP contribution in [0.2, 0.25) is 0 Å². The summed E-state index contributed by atoms with van der Waals surface area (Å²) in [4.78, 5) is 31.8. The van der Waals surface area contributed by atoms with Gasteiger partial charge in [-0.25, -0.2) is 0 Å². The first-order chi connectivity index (χ1) is 17.6. The molecule has 1 saturated carbocycles. The van der Waals surface area contributed by atoms with Crippen molar-refractivity contribution in [1.82, 2.24) is 25.4 Å². The number of ether oxygens (including phenoxy) is 1. The Morgan fingerprint density at radius 1 is 1.16 bits per heavy atom. The number of rotatable bonds is 4. The Kier molecular flexibility index (Phi) is 6.70. The molecule has 2 aromatic heterocycles. The Labute approximate surface area is 218 Å². The number of benzene rings is 1. The van der Waals surface area contributed by atoms with E-state index in [-0.39, 0.29) is 23.3 Å². The van der Waals surface area contributed by atoms with Crippen LogP contribution in [-0.4, -0.2) is 63.2 Å². The smallest absolute Gasteiger partial charge is 0.272 e. The van der Waals surface area contributed by atoms with Crippen molar-refractivity contribution in [3.05, 3.63) is 65.1 Å². The second kappa shape index (κ2) is 9.82. The number of nitrogens with one attached hydrogen (secondary N) is 3. The lowest BCUT2D eigenvalue weighted by Gasteiger charge is -2.49. The third-order valence-corrected chi connectivity index (χ3v) is 7.69. The van der Waals surface area contributed by atoms with E-state index in [1.54, 1.807) is 6.20 Å². The van der Waals surface area contributed by atoms with Crippen LogP contribution in [0.1, 0.15) is 78.6 Å². The topological polar surface area (TPSA) is 103 Å². The van der Waals surface area contributed by atoms with Gasteiger partial charge in [0.05, 0.1) is 24.8 Å². The highest BCUT2D eigenvalue weighted by Gasteiger charge is 2.47. The van der Waals surface area contributed by atoms with Gasteiger partial charge in [-0.15, -0.1) is 0 Å². The van der Waals surface area contributed by atoms with Crippen molar-refractivity contribution < 1.29 is 14.3 Å². The summed E-state index contributed by atoms with van der Waals surface area (Å²) in [5.41, 5.74) is 4.37. The summed E-state index contributed by atoms with van der Waals surface area (Å²) in [5.74, 6) is -0.228. The molecule has 2 atom stereocenters. The van der Waals surface area contributed by atoms with E-state index in [0.717, 1.165) is 42.6 Å². The summed E-state index contributed by atoms with van der Waals surface area (Å²) in [6, 6.07) is 11.8. The Morgan fingerprint density at radius 2 is 1.95 bits per heavy atom. The van der Waals surface area contributed by atoms with Gasteiger partial charge in [0, 0.05) is 29.5 Å². The van der Waals surface area contributed by atoms with Gasteiger partial charge in [0.15, 0.2) is 0 Å². The molecule has 2 fully saturated rings. The molecule has 1 aromatic carbocycles. The second-order valence-corrected chi connectivity index (χ2v) is 11.5. The van der Waals surface area contributed by atoms with E-state index in [9.17, 15) is 9.59 Å². The zero-order chi connectivity index (χ0) is 26.2. The average Bonchev–Trinajstić information content (AvgIpc) is 3.56. The SMILES string of the molecule is Cc1ccc(-c2cc(C(=O)N3CCO[C@]4(CCCC[C@@H]4NC(=O)c4cc(C(C)(C)C)[nH]n4)C3)c[nH]2)cc1. The lowest BCUT2D eigenvalue weighted by Crippen LogP contribution is -2.64. The molecule has 196 valence electrons. The number of H-pyrrole nitrogens is 2. The van der Waals surface area contributed by atoms with Crippen LogP contribution >= 0.6 is 0 Å². The molecule has 0 unspecified atom stereocenters. The number of aromatic nitrogens is 3. The standard InChI is InChI=1S/C29H37N5O3/c1-19-8-10-20(11-9-19)22-15-21(17-30-22)27(36)34-13-14-37-29(18-34)12-6-5-7-24(29)31-26(35)23-16-25(33-32-23)28(2,3)4/h8-11,15-17,24,30H,5-7,12-14,18H2,1-4H3,(H,31,35)(H,32,33)/t24-,29+/m0/s1. The molecule has 0 radical (unpaired) electrons. The molecule has 8 heteroatoms. The molecule has 37 heavy (non-hydrogen) atoms. The lowest BCUT2D eigenvalue weighted by molar-refractivity contribution is -0.132. The van der Waals surface area contributed by atoms with Gasteiger partial charge < -0.3 is 19.9 Å². The molecule has 1 saturated heterocycles. The maximum atomic E-state index is 13.5. The molecule has 2 amide bonds. The average molecular weight is 504 g/mol. The van der Waals surface area contributed by atoms with Crippen LogP contribution in [0.3, 0.4) is 0 Å². The van der Waals surface area contributed by atoms with Crippen LogP contribution < -0.4 is 5.32 Å². The lowest BCUT2D eigenvalue weighted by atomic mass is 9.78. The normalized spacial score (nSPS) is 22.3. The molecule has 1 spiro atoms. The van der Waals surface area contributed by atoms with Crippen molar-refractivity contribution in [3.8, 4) is 11.3 Å². The Bertz CT molecular complexity index is 1270. The predicted molar refractivity (Wildman–Crippen MR) is 143 cm³/mol. The number of carbonyl (C=O) groups is 2. The zero-order valence-electron chi connectivity index (χ0n) is 22.2. The Balaban J connectivity index is 1.31. The van der Waals surface area contributed by atoms with E-state index in [1.807, 2.05) is 17.0 Å². The molecule has 8 nitrogen and oxygen atoms in total. The minimum absolute atomic E-state index is 0.0185. The molecule has 5 rings (SSSR count). The first kappa shape index (κ1) is 25.3. The minimum Gasteiger partial charge on any atom is -0.369 e. The van der Waals surface area contributed by atoms with Gasteiger partial charge in [0.25, 0.3) is 11.8 Å². The van der Waals surface area contributed by atoms with Gasteiger partial charge in [0.2, 0.25) is 0 Å². The highest BCUT2D eigenvalue weighted by Crippen LogP contribution is 2.36. The summed E-state index contributed by atoms with van der Waals surface area (Å²) in [6.07, 6.45) is 5.41. The Morgan fingerprint density at radius 3 is 2.68 bits per heavy atom. The first-order valence-electron chi connectivity index (χ1n) is 13.2. The summed E-state index contributed by atoms with van der Waals surface area (Å²) in [7, 11) is 0. The Hall–Kier alpha value is -3.39. The van der Waals surface area contributed by atoms with Crippen molar-refractivity contribution >= 4 is 11.8 Å². The number of hydrogen-bond donors (Lipinski definition) is 3. The fourth-order valence-corrected chi connectivity index (χ4v) is 5.41. The fraction of sp³-hybridized carbons (Fsp3) is 0.483. The van der Waals surface area contributed by atoms with Gasteiger partial charge in [0.1, 0.15) is 11.3 Å². The third kappa shape index (κ3) is 5.21. The molecule has 1 aliphatic carbocycles. The zero-order valence-corrected chi connectivity index (χ0v) is 22.2. The van der Waals surface area contributed by atoms with Crippen molar-refractivity contribution in [2.75, 3.05) is 19.7 Å². The van der Waals surface area contributed by atoms with Crippen molar-refractivity contribution in [2.45, 2.75) is 70.4 Å². The second-order valence-electron chi connectivity index (χ2n) is 11.5. The number of nitrogens with zero attached hydrogens (tertiary/aromatic N) is 2. The van der Waals surface area contributed by atoms with E-state index < -0.39 is 5.60 Å². The van der Waals surface area contributed by atoms with Crippen molar-refractivity contribution in [3.63, 3.8) is 0 Å². The van der Waals surface area contributed by atoms with Crippen LogP contribution in [0.4, 0.5) is 0 Å². The number of amides is 2. The maximum Gasteiger partial charge on any atom is 0.272 e. The quantitative estimate of drug-likeness (QED) is 0.484. The van der Waals surface area contributed by atoms with Crippen LogP contribution in [0, 0.1) is 6.92 Å². The monoisotopic (exact) mass is 503 g/mol. The van der Waals surface area contributed by atoms with E-state index in [0.29, 0.717) is 31.0 Å². The summed E-state index contributed by atoms with van der Waals surface area (Å²) < 4.78 is 6.37. The summed E-state index contributed by atoms with van der Waals surface area (Å²) in [5, 5.41) is 10.4. The molecule has 0 bridgehead atoms. The highest BCUT2D eigenvalue weighted by atomic mass is 16.5. The van der Waals surface area contributed by atoms with E-state index >= 15 is 0 Å². The molecule has 3 heterocycles. The number of morpholine rings is 1. The molecule has 3 aromatic rings. The van der Waals surface area contributed by atoms with E-state index in [1.165, 1.54) is 5.56 Å². The van der Waals surface area contributed by atoms with Crippen LogP contribution in [0.15, 0.2) is 42.6 Å². The van der Waals surface area contributed by atoms with E-state index in [2.05, 4.69) is 72.5 Å². The number of aromatic amines is 2. The van der Waals surface area contributed by atoms with Crippen LogP contribution in [0.5, 0.6) is 0 Å². The van der Waals surface area contributed by atoms with Gasteiger partial charge in [-0.3, -0.25) is 14.7 Å². The summed E-state index contributed by atoms with van der Waals surface area (Å²) in [6.45, 7) is 9.72. The van der Waals surface area contributed by atoms with Gasteiger partial charge >= 0.3 is 0 Å². The van der Waals surface area contributed by atoms with Gasteiger partial charge in [-0.2, -0.15) is 5.10 Å². The van der Waals surface area contributed by atoms with Crippen molar-refractivity contribution in [1.29, 1.82) is 0 Å². The molecule has 1 aliphatic heterocycles. The number of hydrogen-bond acceptors (Lipinski definition) is 4. The van der Waals surface area contributed by atoms with Gasteiger partial charge in [-0.1, -0.05) is 63.4 Å². The van der Waals surface area contributed by atoms with Crippen LogP contribution in [0.25, 0.3) is 11.3 Å². The predicted octanol–water partition coefficient (Wildman–Crippen LogP) is 4.59. The summed E-state index contributed by atoms with van der Waals surface area (Å²) >= 11 is 0. The first-order valence-corrected chi connectivity index (χ1v) is 13.2. The molecule has 2 aliphatic rings. The van der Waals surface area contributed by atoms with Crippen LogP contribution in [-0.2, 0) is 10.2 Å². The molecular formula is C29H37N5O3. The largest absolute Gasteiger partial charge is 0.369 e. The molecular weight excluding hydrogens is 466 g/mol. The minimum atomic E-state index is -0.596. The highest BCUT2D eigenvalue weighted by molar-refractivity contribution is 5.95.